The van der Waals surface area contributed by atoms with E-state index in [0.29, 0.717) is 13.0 Å². The van der Waals surface area contributed by atoms with Crippen LogP contribution in [-0.4, -0.2) is 54.6 Å². The summed E-state index contributed by atoms with van der Waals surface area (Å²) in [7, 11) is 0. The van der Waals surface area contributed by atoms with Gasteiger partial charge in [-0.2, -0.15) is 0 Å². The van der Waals surface area contributed by atoms with E-state index in [9.17, 15) is 4.79 Å². The lowest BCUT2D eigenvalue weighted by Gasteiger charge is -2.36. The molecule has 0 aliphatic carbocycles. The fraction of sp³-hybridized carbons (Fsp3) is 0.450. The summed E-state index contributed by atoms with van der Waals surface area (Å²) < 4.78 is 2.07. The third kappa shape index (κ3) is 5.36. The Kier molecular flexibility index (Phi) is 6.12. The molecule has 1 amide bonds. The predicted octanol–water partition coefficient (Wildman–Crippen LogP) is 2.13. The van der Waals surface area contributed by atoms with Gasteiger partial charge >= 0.3 is 0 Å². The van der Waals surface area contributed by atoms with Crippen molar-refractivity contribution in [1.82, 2.24) is 14.8 Å². The minimum absolute atomic E-state index is 0.147. The molecule has 0 atom stereocenters. The Balaban J connectivity index is 1.33. The third-order valence-electron chi connectivity index (χ3n) is 4.75. The lowest BCUT2D eigenvalue weighted by atomic mass is 10.2. The van der Waals surface area contributed by atoms with Crippen LogP contribution in [0.5, 0.6) is 0 Å². The highest BCUT2D eigenvalue weighted by Gasteiger charge is 2.17. The molecule has 1 saturated heterocycles. The first-order valence-electron chi connectivity index (χ1n) is 9.12. The highest BCUT2D eigenvalue weighted by atomic mass is 16.1. The van der Waals surface area contributed by atoms with Gasteiger partial charge in [-0.15, -0.1) is 0 Å². The first kappa shape index (κ1) is 17.5. The Morgan fingerprint density at radius 1 is 1.04 bits per heavy atom. The van der Waals surface area contributed by atoms with Crippen LogP contribution in [0.15, 0.2) is 48.8 Å². The topological polar surface area (TPSA) is 40.5 Å². The minimum Gasteiger partial charge on any atom is -0.369 e. The number of aromatic nitrogens is 1. The predicted molar refractivity (Wildman–Crippen MR) is 102 cm³/mol. The van der Waals surface area contributed by atoms with Crippen LogP contribution in [0, 0.1) is 6.92 Å². The smallest absolute Gasteiger partial charge is 0.221 e. The third-order valence-corrected chi connectivity index (χ3v) is 4.75. The average Bonchev–Trinajstić information content (AvgIpc) is 3.14. The largest absolute Gasteiger partial charge is 0.369 e. The fourth-order valence-electron chi connectivity index (χ4n) is 3.25. The molecule has 1 aromatic heterocycles. The van der Waals surface area contributed by atoms with Crippen LogP contribution in [0.2, 0.25) is 0 Å². The van der Waals surface area contributed by atoms with Crippen molar-refractivity contribution in [2.45, 2.75) is 19.9 Å². The molecule has 0 saturated carbocycles. The van der Waals surface area contributed by atoms with Gasteiger partial charge in [0, 0.05) is 70.3 Å². The van der Waals surface area contributed by atoms with Gasteiger partial charge in [0.2, 0.25) is 5.91 Å². The molecule has 1 aromatic carbocycles. The summed E-state index contributed by atoms with van der Waals surface area (Å²) in [5.41, 5.74) is 2.61. The molecule has 5 heteroatoms. The number of nitrogens with zero attached hydrogens (tertiary/aromatic N) is 3. The molecular formula is C20H28N4O. The maximum Gasteiger partial charge on any atom is 0.221 e. The number of piperazine rings is 1. The minimum atomic E-state index is 0.147. The standard InChI is InChI=1S/C20H28N4O/c1-18-5-4-6-19(17-18)24-15-13-23(14-16-24)11-7-20(25)21-8-12-22-9-2-3-10-22/h2-6,9-10,17H,7-8,11-16H2,1H3,(H,21,25). The number of carbonyl (C=O) groups excluding carboxylic acids is 1. The van der Waals surface area contributed by atoms with Crippen molar-refractivity contribution in [3.63, 3.8) is 0 Å². The first-order valence-corrected chi connectivity index (χ1v) is 9.12. The average molecular weight is 340 g/mol. The molecule has 134 valence electrons. The summed E-state index contributed by atoms with van der Waals surface area (Å²) in [6.45, 7) is 8.58. The van der Waals surface area contributed by atoms with E-state index >= 15 is 0 Å². The van der Waals surface area contributed by atoms with E-state index in [1.54, 1.807) is 0 Å². The Labute approximate surface area is 150 Å². The molecule has 0 spiro atoms. The van der Waals surface area contributed by atoms with Gasteiger partial charge in [0.25, 0.3) is 0 Å². The summed E-state index contributed by atoms with van der Waals surface area (Å²) in [5.74, 6) is 0.147. The lowest BCUT2D eigenvalue weighted by Crippen LogP contribution is -2.47. The van der Waals surface area contributed by atoms with Crippen molar-refractivity contribution in [1.29, 1.82) is 0 Å². The van der Waals surface area contributed by atoms with E-state index in [-0.39, 0.29) is 5.91 Å². The summed E-state index contributed by atoms with van der Waals surface area (Å²) in [6, 6.07) is 12.7. The second-order valence-electron chi connectivity index (χ2n) is 6.69. The molecule has 1 fully saturated rings. The summed E-state index contributed by atoms with van der Waals surface area (Å²) in [6.07, 6.45) is 4.61. The highest BCUT2D eigenvalue weighted by molar-refractivity contribution is 5.76. The Bertz CT molecular complexity index is 660. The first-order chi connectivity index (χ1) is 12.2. The van der Waals surface area contributed by atoms with Crippen LogP contribution in [0.3, 0.4) is 0 Å². The molecule has 1 N–H and O–H groups in total. The van der Waals surface area contributed by atoms with Crippen molar-refractivity contribution in [3.05, 3.63) is 54.4 Å². The van der Waals surface area contributed by atoms with Crippen LogP contribution in [0.25, 0.3) is 0 Å². The molecule has 1 aliphatic rings. The molecule has 3 rings (SSSR count). The molecular weight excluding hydrogens is 312 g/mol. The zero-order valence-corrected chi connectivity index (χ0v) is 15.0. The van der Waals surface area contributed by atoms with E-state index in [1.165, 1.54) is 11.3 Å². The fourth-order valence-corrected chi connectivity index (χ4v) is 3.25. The number of benzene rings is 1. The van der Waals surface area contributed by atoms with Gasteiger partial charge in [0.05, 0.1) is 0 Å². The van der Waals surface area contributed by atoms with Crippen molar-refractivity contribution in [3.8, 4) is 0 Å². The van der Waals surface area contributed by atoms with Crippen molar-refractivity contribution >= 4 is 11.6 Å². The molecule has 2 aromatic rings. The Morgan fingerprint density at radius 3 is 2.52 bits per heavy atom. The van der Waals surface area contributed by atoms with Crippen molar-refractivity contribution < 1.29 is 4.79 Å². The van der Waals surface area contributed by atoms with Gasteiger partial charge in [-0.1, -0.05) is 12.1 Å². The molecule has 0 bridgehead atoms. The highest BCUT2D eigenvalue weighted by Crippen LogP contribution is 2.17. The number of rotatable bonds is 7. The van der Waals surface area contributed by atoms with Gasteiger partial charge in [0.1, 0.15) is 0 Å². The lowest BCUT2D eigenvalue weighted by molar-refractivity contribution is -0.121. The monoisotopic (exact) mass is 340 g/mol. The molecule has 0 unspecified atom stereocenters. The van der Waals surface area contributed by atoms with Crippen LogP contribution in [-0.2, 0) is 11.3 Å². The quantitative estimate of drug-likeness (QED) is 0.839. The van der Waals surface area contributed by atoms with Crippen LogP contribution >= 0.6 is 0 Å². The number of hydrogen-bond acceptors (Lipinski definition) is 3. The van der Waals surface area contributed by atoms with E-state index in [2.05, 4.69) is 50.9 Å². The number of hydrogen-bond donors (Lipinski definition) is 1. The zero-order chi connectivity index (χ0) is 17.5. The molecule has 5 nitrogen and oxygen atoms in total. The van der Waals surface area contributed by atoms with Crippen LogP contribution < -0.4 is 10.2 Å². The Morgan fingerprint density at radius 2 is 1.80 bits per heavy atom. The maximum atomic E-state index is 12.0. The van der Waals surface area contributed by atoms with Crippen molar-refractivity contribution in [2.75, 3.05) is 44.2 Å². The van der Waals surface area contributed by atoms with Gasteiger partial charge in [-0.05, 0) is 36.8 Å². The number of carbonyl (C=O) groups is 1. The summed E-state index contributed by atoms with van der Waals surface area (Å²) in [5, 5.41) is 3.00. The number of anilines is 1. The Hall–Kier alpha value is -2.27. The van der Waals surface area contributed by atoms with Crippen molar-refractivity contribution in [2.24, 2.45) is 0 Å². The summed E-state index contributed by atoms with van der Waals surface area (Å²) >= 11 is 0. The molecule has 2 heterocycles. The van der Waals surface area contributed by atoms with Crippen LogP contribution in [0.4, 0.5) is 5.69 Å². The molecule has 0 radical (unpaired) electrons. The zero-order valence-electron chi connectivity index (χ0n) is 15.0. The van der Waals surface area contributed by atoms with E-state index in [0.717, 1.165) is 39.3 Å². The van der Waals surface area contributed by atoms with Gasteiger partial charge in [-0.25, -0.2) is 0 Å². The number of aryl methyl sites for hydroxylation is 1. The maximum absolute atomic E-state index is 12.0. The number of amides is 1. The van der Waals surface area contributed by atoms with E-state index in [1.807, 2.05) is 24.5 Å². The van der Waals surface area contributed by atoms with E-state index in [4.69, 9.17) is 0 Å². The summed E-state index contributed by atoms with van der Waals surface area (Å²) in [4.78, 5) is 16.8. The normalized spacial score (nSPS) is 15.3. The van der Waals surface area contributed by atoms with Gasteiger partial charge < -0.3 is 14.8 Å². The van der Waals surface area contributed by atoms with Crippen LogP contribution in [0.1, 0.15) is 12.0 Å². The van der Waals surface area contributed by atoms with E-state index < -0.39 is 0 Å². The molecule has 1 aliphatic heterocycles. The molecule has 25 heavy (non-hydrogen) atoms. The SMILES string of the molecule is Cc1cccc(N2CCN(CCC(=O)NCCn3cccc3)CC2)c1. The second-order valence-corrected chi connectivity index (χ2v) is 6.69. The van der Waals surface area contributed by atoms with Gasteiger partial charge in [0.15, 0.2) is 0 Å². The van der Waals surface area contributed by atoms with Gasteiger partial charge in [-0.3, -0.25) is 9.69 Å². The number of nitrogens with one attached hydrogen (secondary N) is 1. The second kappa shape index (κ2) is 8.72.